The lowest BCUT2D eigenvalue weighted by Gasteiger charge is -2.17. The van der Waals surface area contributed by atoms with E-state index in [1.165, 1.54) is 5.56 Å². The maximum absolute atomic E-state index is 12.4. The number of halogens is 1. The van der Waals surface area contributed by atoms with Gasteiger partial charge in [-0.15, -0.1) is 0 Å². The van der Waals surface area contributed by atoms with Gasteiger partial charge >= 0.3 is 0 Å². The first-order valence-corrected chi connectivity index (χ1v) is 5.35. The molecule has 0 saturated heterocycles. The molecule has 0 aliphatic rings. The van der Waals surface area contributed by atoms with Crippen LogP contribution >= 0.6 is 0 Å². The van der Waals surface area contributed by atoms with Gasteiger partial charge in [-0.1, -0.05) is 44.2 Å². The van der Waals surface area contributed by atoms with Crippen molar-refractivity contribution in [1.29, 1.82) is 0 Å². The van der Waals surface area contributed by atoms with Crippen LogP contribution < -0.4 is 0 Å². The summed E-state index contributed by atoms with van der Waals surface area (Å²) < 4.78 is 12.4. The number of hydrogen-bond acceptors (Lipinski definition) is 0. The summed E-state index contributed by atoms with van der Waals surface area (Å²) in [4.78, 5) is 0. The van der Waals surface area contributed by atoms with Crippen molar-refractivity contribution in [1.82, 2.24) is 0 Å². The van der Waals surface area contributed by atoms with Gasteiger partial charge in [0.25, 0.3) is 0 Å². The highest BCUT2D eigenvalue weighted by Gasteiger charge is 2.12. The molecule has 1 atom stereocenters. The van der Waals surface area contributed by atoms with Gasteiger partial charge in [0.2, 0.25) is 0 Å². The van der Waals surface area contributed by atoms with Gasteiger partial charge in [0.05, 0.1) is 6.67 Å². The lowest BCUT2D eigenvalue weighted by atomic mass is 9.88. The van der Waals surface area contributed by atoms with Crippen LogP contribution in [-0.4, -0.2) is 6.67 Å². The Balaban J connectivity index is 2.67. The Hall–Kier alpha value is -0.850. The van der Waals surface area contributed by atoms with E-state index in [4.69, 9.17) is 0 Å². The van der Waals surface area contributed by atoms with E-state index in [2.05, 4.69) is 26.0 Å². The summed E-state index contributed by atoms with van der Waals surface area (Å²) in [6.45, 7) is 4.16. The minimum Gasteiger partial charge on any atom is -0.251 e. The smallest absolute Gasteiger partial charge is 0.0900 e. The first kappa shape index (κ1) is 11.2. The lowest BCUT2D eigenvalue weighted by molar-refractivity contribution is 0.399. The van der Waals surface area contributed by atoms with E-state index < -0.39 is 0 Å². The first-order valence-electron chi connectivity index (χ1n) is 5.35. The van der Waals surface area contributed by atoms with Crippen LogP contribution in [0, 0.1) is 5.92 Å². The summed E-state index contributed by atoms with van der Waals surface area (Å²) >= 11 is 0. The largest absolute Gasteiger partial charge is 0.251 e. The minimum absolute atomic E-state index is 0.216. The number of benzene rings is 1. The van der Waals surface area contributed by atoms with Gasteiger partial charge in [0, 0.05) is 0 Å². The maximum atomic E-state index is 12.4. The van der Waals surface area contributed by atoms with Crippen LogP contribution in [0.3, 0.4) is 0 Å². The van der Waals surface area contributed by atoms with Gasteiger partial charge in [-0.3, -0.25) is 4.39 Å². The van der Waals surface area contributed by atoms with Gasteiger partial charge in [-0.2, -0.15) is 0 Å². The highest BCUT2D eigenvalue weighted by molar-refractivity contribution is 5.19. The Morgan fingerprint density at radius 3 is 2.29 bits per heavy atom. The molecule has 1 rings (SSSR count). The highest BCUT2D eigenvalue weighted by Crippen LogP contribution is 2.26. The van der Waals surface area contributed by atoms with Crippen LogP contribution in [-0.2, 0) is 0 Å². The van der Waals surface area contributed by atoms with Crippen molar-refractivity contribution in [3.05, 3.63) is 35.9 Å². The van der Waals surface area contributed by atoms with Crippen LogP contribution in [0.4, 0.5) is 4.39 Å². The molecule has 0 heterocycles. The van der Waals surface area contributed by atoms with E-state index in [-0.39, 0.29) is 6.67 Å². The van der Waals surface area contributed by atoms with E-state index in [1.807, 2.05) is 18.2 Å². The van der Waals surface area contributed by atoms with E-state index in [0.717, 1.165) is 6.42 Å². The monoisotopic (exact) mass is 194 g/mol. The summed E-state index contributed by atoms with van der Waals surface area (Å²) in [5.74, 6) is 1.02. The average molecular weight is 194 g/mol. The van der Waals surface area contributed by atoms with Crippen LogP contribution in [0.15, 0.2) is 30.3 Å². The first-order chi connectivity index (χ1) is 6.74. The molecular weight excluding hydrogens is 175 g/mol. The van der Waals surface area contributed by atoms with E-state index in [9.17, 15) is 4.39 Å². The second-order valence-electron chi connectivity index (χ2n) is 4.21. The van der Waals surface area contributed by atoms with Crippen molar-refractivity contribution in [2.75, 3.05) is 6.67 Å². The number of hydrogen-bond donors (Lipinski definition) is 0. The standard InChI is InChI=1S/C13H19F/c1-11(2)10-13(8-9-14)12-6-4-3-5-7-12/h3-7,11,13H,8-10H2,1-2H3. The van der Waals surface area contributed by atoms with Gasteiger partial charge in [-0.05, 0) is 30.2 Å². The summed E-state index contributed by atoms with van der Waals surface area (Å²) in [7, 11) is 0. The molecule has 1 aromatic rings. The van der Waals surface area contributed by atoms with Crippen LogP contribution in [0.2, 0.25) is 0 Å². The zero-order chi connectivity index (χ0) is 10.4. The molecular formula is C13H19F. The van der Waals surface area contributed by atoms with E-state index in [1.54, 1.807) is 0 Å². The Kier molecular flexibility index (Phi) is 4.64. The van der Waals surface area contributed by atoms with Crippen molar-refractivity contribution in [2.24, 2.45) is 5.92 Å². The Morgan fingerprint density at radius 1 is 1.14 bits per heavy atom. The predicted molar refractivity (Wildman–Crippen MR) is 59.2 cm³/mol. The van der Waals surface area contributed by atoms with Crippen molar-refractivity contribution < 1.29 is 4.39 Å². The summed E-state index contributed by atoms with van der Waals surface area (Å²) in [5.41, 5.74) is 1.28. The van der Waals surface area contributed by atoms with Gasteiger partial charge in [0.1, 0.15) is 0 Å². The molecule has 0 fully saturated rings. The molecule has 0 radical (unpaired) electrons. The fraction of sp³-hybridized carbons (Fsp3) is 0.538. The lowest BCUT2D eigenvalue weighted by Crippen LogP contribution is -2.04. The molecule has 0 aliphatic carbocycles. The summed E-state index contributed by atoms with van der Waals surface area (Å²) in [5, 5.41) is 0. The average Bonchev–Trinajstić information content (AvgIpc) is 2.18. The molecule has 0 aliphatic heterocycles. The molecule has 0 nitrogen and oxygen atoms in total. The molecule has 1 unspecified atom stereocenters. The zero-order valence-corrected chi connectivity index (χ0v) is 9.04. The third-order valence-corrected chi connectivity index (χ3v) is 2.48. The van der Waals surface area contributed by atoms with E-state index in [0.29, 0.717) is 18.3 Å². The van der Waals surface area contributed by atoms with Crippen molar-refractivity contribution in [3.63, 3.8) is 0 Å². The van der Waals surface area contributed by atoms with Gasteiger partial charge < -0.3 is 0 Å². The quantitative estimate of drug-likeness (QED) is 0.659. The second-order valence-corrected chi connectivity index (χ2v) is 4.21. The Labute approximate surface area is 86.2 Å². The predicted octanol–water partition coefficient (Wildman–Crippen LogP) is 4.18. The molecule has 0 bridgehead atoms. The van der Waals surface area contributed by atoms with Crippen LogP contribution in [0.25, 0.3) is 0 Å². The molecule has 1 heteroatoms. The second kappa shape index (κ2) is 5.79. The molecule has 78 valence electrons. The van der Waals surface area contributed by atoms with Crippen molar-refractivity contribution >= 4 is 0 Å². The molecule has 14 heavy (non-hydrogen) atoms. The number of rotatable bonds is 5. The summed E-state index contributed by atoms with van der Waals surface area (Å²) in [6.07, 6.45) is 1.73. The summed E-state index contributed by atoms with van der Waals surface area (Å²) in [6, 6.07) is 10.3. The maximum Gasteiger partial charge on any atom is 0.0900 e. The van der Waals surface area contributed by atoms with Gasteiger partial charge in [-0.25, -0.2) is 0 Å². The fourth-order valence-corrected chi connectivity index (χ4v) is 1.85. The molecule has 0 aromatic heterocycles. The highest BCUT2D eigenvalue weighted by atomic mass is 19.1. The van der Waals surface area contributed by atoms with Crippen LogP contribution in [0.1, 0.15) is 38.2 Å². The third-order valence-electron chi connectivity index (χ3n) is 2.48. The fourth-order valence-electron chi connectivity index (χ4n) is 1.85. The number of alkyl halides is 1. The SMILES string of the molecule is CC(C)CC(CCF)c1ccccc1. The Bertz CT molecular complexity index is 241. The van der Waals surface area contributed by atoms with Gasteiger partial charge in [0.15, 0.2) is 0 Å². The van der Waals surface area contributed by atoms with E-state index >= 15 is 0 Å². The van der Waals surface area contributed by atoms with Crippen molar-refractivity contribution in [2.45, 2.75) is 32.6 Å². The molecule has 0 N–H and O–H groups in total. The van der Waals surface area contributed by atoms with Crippen LogP contribution in [0.5, 0.6) is 0 Å². The topological polar surface area (TPSA) is 0 Å². The normalized spacial score (nSPS) is 13.1. The minimum atomic E-state index is -0.216. The molecule has 1 aromatic carbocycles. The molecule has 0 spiro atoms. The van der Waals surface area contributed by atoms with Crippen molar-refractivity contribution in [3.8, 4) is 0 Å². The third kappa shape index (κ3) is 3.49. The zero-order valence-electron chi connectivity index (χ0n) is 9.04. The Morgan fingerprint density at radius 2 is 1.79 bits per heavy atom. The molecule has 0 saturated carbocycles. The molecule has 0 amide bonds.